The van der Waals surface area contributed by atoms with Gasteiger partial charge in [0.2, 0.25) is 5.88 Å². The highest BCUT2D eigenvalue weighted by Crippen LogP contribution is 2.29. The van der Waals surface area contributed by atoms with Crippen molar-refractivity contribution in [3.8, 4) is 11.9 Å². The fourth-order valence-corrected chi connectivity index (χ4v) is 3.58. The van der Waals surface area contributed by atoms with Crippen LogP contribution in [0.25, 0.3) is 0 Å². The molecule has 0 saturated carbocycles. The summed E-state index contributed by atoms with van der Waals surface area (Å²) >= 11 is 5.94. The summed E-state index contributed by atoms with van der Waals surface area (Å²) in [5.74, 6) is -0.807. The number of benzene rings is 1. The molecule has 0 aliphatic rings. The molecule has 182 valence electrons. The Kier molecular flexibility index (Phi) is 8.30. The molecule has 2 heterocycles. The molecular weight excluding hydrogens is 481 g/mol. The van der Waals surface area contributed by atoms with Crippen LogP contribution in [0.4, 0.5) is 13.2 Å². The number of pyridine rings is 2. The van der Waals surface area contributed by atoms with Gasteiger partial charge in [0, 0.05) is 36.1 Å². The van der Waals surface area contributed by atoms with Crippen LogP contribution in [0.1, 0.15) is 42.1 Å². The Morgan fingerprint density at radius 2 is 1.91 bits per heavy atom. The third kappa shape index (κ3) is 7.17. The number of hydrogen-bond acceptors (Lipinski definition) is 5. The molecule has 0 radical (unpaired) electrons. The lowest BCUT2D eigenvalue weighted by molar-refractivity contribution is -0.138. The largest absolute Gasteiger partial charge is 0.465 e. The number of nitriles is 1. The average molecular weight is 503 g/mol. The lowest BCUT2D eigenvalue weighted by atomic mass is 9.87. The Labute approximate surface area is 205 Å². The molecule has 0 spiro atoms. The van der Waals surface area contributed by atoms with Crippen molar-refractivity contribution in [3.63, 3.8) is 0 Å². The zero-order valence-electron chi connectivity index (χ0n) is 18.9. The maximum atomic E-state index is 12.8. The monoisotopic (exact) mass is 502 g/mol. The molecule has 3 rings (SSSR count). The van der Waals surface area contributed by atoms with Gasteiger partial charge in [-0.05, 0) is 56.2 Å². The van der Waals surface area contributed by atoms with E-state index in [4.69, 9.17) is 16.3 Å². The second kappa shape index (κ2) is 11.2. The van der Waals surface area contributed by atoms with Crippen molar-refractivity contribution in [2.75, 3.05) is 0 Å². The second-order valence-electron chi connectivity index (χ2n) is 7.96. The Morgan fingerprint density at radius 1 is 1.14 bits per heavy atom. The Hall–Kier alpha value is -3.64. The predicted molar refractivity (Wildman–Crippen MR) is 124 cm³/mol. The van der Waals surface area contributed by atoms with E-state index < -0.39 is 29.8 Å². The van der Waals surface area contributed by atoms with Gasteiger partial charge >= 0.3 is 6.18 Å². The fourth-order valence-electron chi connectivity index (χ4n) is 3.47. The third-order valence-electron chi connectivity index (χ3n) is 5.37. The van der Waals surface area contributed by atoms with E-state index in [-0.39, 0.29) is 11.8 Å². The van der Waals surface area contributed by atoms with Gasteiger partial charge in [-0.3, -0.25) is 9.78 Å². The zero-order chi connectivity index (χ0) is 25.6. The van der Waals surface area contributed by atoms with Crippen molar-refractivity contribution in [2.45, 2.75) is 44.5 Å². The first-order valence-electron chi connectivity index (χ1n) is 10.7. The predicted octanol–water partition coefficient (Wildman–Crippen LogP) is 5.32. The summed E-state index contributed by atoms with van der Waals surface area (Å²) in [6, 6.07) is 14.2. The highest BCUT2D eigenvalue weighted by molar-refractivity contribution is 6.30. The van der Waals surface area contributed by atoms with E-state index in [2.05, 4.69) is 21.4 Å². The van der Waals surface area contributed by atoms with Crippen molar-refractivity contribution in [1.29, 1.82) is 5.26 Å². The van der Waals surface area contributed by atoms with Crippen LogP contribution >= 0.6 is 11.6 Å². The fraction of sp³-hybridized carbons (Fsp3) is 0.280. The number of hydrogen-bond donors (Lipinski definition) is 1. The molecule has 0 bridgehead atoms. The van der Waals surface area contributed by atoms with Crippen LogP contribution in [0.5, 0.6) is 5.88 Å². The molecule has 3 unspecified atom stereocenters. The average Bonchev–Trinajstić information content (AvgIpc) is 2.83. The van der Waals surface area contributed by atoms with Crippen molar-refractivity contribution in [2.24, 2.45) is 0 Å². The van der Waals surface area contributed by atoms with E-state index in [0.29, 0.717) is 23.2 Å². The molecule has 1 aromatic carbocycles. The number of aromatic nitrogens is 2. The minimum Gasteiger partial charge on any atom is -0.465 e. The maximum absolute atomic E-state index is 12.8. The van der Waals surface area contributed by atoms with Gasteiger partial charge in [-0.1, -0.05) is 23.7 Å². The highest BCUT2D eigenvalue weighted by atomic mass is 35.5. The van der Waals surface area contributed by atoms with Crippen LogP contribution in [0.2, 0.25) is 5.02 Å². The van der Waals surface area contributed by atoms with Gasteiger partial charge in [0.1, 0.15) is 0 Å². The molecule has 1 N–H and O–H groups in total. The highest BCUT2D eigenvalue weighted by Gasteiger charge is 2.31. The van der Waals surface area contributed by atoms with Gasteiger partial charge in [0.15, 0.2) is 6.10 Å². The van der Waals surface area contributed by atoms with Crippen molar-refractivity contribution in [3.05, 3.63) is 88.3 Å². The lowest BCUT2D eigenvalue weighted by Gasteiger charge is -2.27. The van der Waals surface area contributed by atoms with Crippen LogP contribution < -0.4 is 10.1 Å². The SMILES string of the molecule is CC(Oc1ccc(C(F)(F)F)cn1)C(=O)NC(C)C(Cc1ccc(Cl)cn1)c1cccc(C#N)c1. The van der Waals surface area contributed by atoms with Gasteiger partial charge < -0.3 is 10.1 Å². The number of carbonyl (C=O) groups is 1. The molecular formula is C25H22ClF3N4O2. The van der Waals surface area contributed by atoms with E-state index in [1.807, 2.05) is 13.0 Å². The topological polar surface area (TPSA) is 87.9 Å². The molecule has 6 nitrogen and oxygen atoms in total. The molecule has 3 aromatic rings. The molecule has 0 fully saturated rings. The number of nitrogens with one attached hydrogen (secondary N) is 1. The third-order valence-corrected chi connectivity index (χ3v) is 5.59. The van der Waals surface area contributed by atoms with Crippen LogP contribution in [-0.2, 0) is 17.4 Å². The van der Waals surface area contributed by atoms with E-state index in [1.165, 1.54) is 13.1 Å². The van der Waals surface area contributed by atoms with Gasteiger partial charge in [-0.2, -0.15) is 18.4 Å². The standard InChI is InChI=1S/C25H22ClF3N4O2/c1-15(33-24(34)16(2)35-23-9-6-19(13-32-23)25(27,28)29)22(11-21-8-7-20(26)14-31-21)18-5-3-4-17(10-18)12-30/h3-10,13-16,22H,11H2,1-2H3,(H,33,34). The van der Waals surface area contributed by atoms with Crippen LogP contribution in [-0.4, -0.2) is 28.0 Å². The van der Waals surface area contributed by atoms with Crippen molar-refractivity contribution >= 4 is 17.5 Å². The summed E-state index contributed by atoms with van der Waals surface area (Å²) in [6.45, 7) is 3.30. The van der Waals surface area contributed by atoms with Crippen LogP contribution in [0, 0.1) is 11.3 Å². The normalized spacial score (nSPS) is 13.9. The molecule has 35 heavy (non-hydrogen) atoms. The Morgan fingerprint density at radius 3 is 2.51 bits per heavy atom. The molecule has 0 aliphatic heterocycles. The minimum absolute atomic E-state index is 0.100. The van der Waals surface area contributed by atoms with Crippen LogP contribution in [0.15, 0.2) is 60.9 Å². The number of amides is 1. The number of alkyl halides is 3. The summed E-state index contributed by atoms with van der Waals surface area (Å²) in [6.07, 6.45) is -2.87. The molecule has 0 aliphatic carbocycles. The summed E-state index contributed by atoms with van der Waals surface area (Å²) in [7, 11) is 0. The molecule has 2 aromatic heterocycles. The molecule has 1 amide bonds. The van der Waals surface area contributed by atoms with E-state index in [1.54, 1.807) is 30.3 Å². The lowest BCUT2D eigenvalue weighted by Crippen LogP contribution is -2.44. The first-order valence-corrected chi connectivity index (χ1v) is 11.1. The minimum atomic E-state index is -4.51. The second-order valence-corrected chi connectivity index (χ2v) is 8.39. The molecule has 10 heteroatoms. The zero-order valence-corrected chi connectivity index (χ0v) is 19.6. The van der Waals surface area contributed by atoms with Crippen molar-refractivity contribution < 1.29 is 22.7 Å². The number of ether oxygens (including phenoxy) is 1. The maximum Gasteiger partial charge on any atom is 0.417 e. The van der Waals surface area contributed by atoms with E-state index in [9.17, 15) is 23.2 Å². The first kappa shape index (κ1) is 26.0. The Balaban J connectivity index is 1.73. The van der Waals surface area contributed by atoms with Gasteiger partial charge in [-0.15, -0.1) is 0 Å². The van der Waals surface area contributed by atoms with E-state index >= 15 is 0 Å². The number of halogens is 4. The number of nitrogens with zero attached hydrogens (tertiary/aromatic N) is 3. The smallest absolute Gasteiger partial charge is 0.417 e. The quantitative estimate of drug-likeness (QED) is 0.450. The first-order chi connectivity index (χ1) is 16.6. The van der Waals surface area contributed by atoms with E-state index in [0.717, 1.165) is 23.4 Å². The summed E-state index contributed by atoms with van der Waals surface area (Å²) in [4.78, 5) is 20.8. The van der Waals surface area contributed by atoms with Gasteiger partial charge in [0.25, 0.3) is 5.91 Å². The Bertz CT molecular complexity index is 1200. The summed E-state index contributed by atoms with van der Waals surface area (Å²) in [5.41, 5.74) is 1.17. The summed E-state index contributed by atoms with van der Waals surface area (Å²) < 4.78 is 43.6. The van der Waals surface area contributed by atoms with Gasteiger partial charge in [0.05, 0.1) is 22.2 Å². The number of rotatable bonds is 8. The molecule has 3 atom stereocenters. The summed E-state index contributed by atoms with van der Waals surface area (Å²) in [5, 5.41) is 12.7. The van der Waals surface area contributed by atoms with Gasteiger partial charge in [-0.25, -0.2) is 4.98 Å². The van der Waals surface area contributed by atoms with Crippen molar-refractivity contribution in [1.82, 2.24) is 15.3 Å². The molecule has 0 saturated heterocycles. The number of carbonyl (C=O) groups excluding carboxylic acids is 1. The van der Waals surface area contributed by atoms with Crippen LogP contribution in [0.3, 0.4) is 0 Å².